The monoisotopic (exact) mass is 519 g/mol. The summed E-state index contributed by atoms with van der Waals surface area (Å²) in [5.41, 5.74) is 5.91. The lowest BCUT2D eigenvalue weighted by atomic mass is 10.0. The largest absolute Gasteiger partial charge is 0.496 e. The van der Waals surface area contributed by atoms with Gasteiger partial charge in [-0.2, -0.15) is 5.10 Å². The van der Waals surface area contributed by atoms with E-state index in [1.807, 2.05) is 54.6 Å². The van der Waals surface area contributed by atoms with E-state index in [1.165, 1.54) is 0 Å². The predicted octanol–water partition coefficient (Wildman–Crippen LogP) is 5.45. The SMILES string of the molecule is COc1ccc(Br)cc1/C=N/NC(=O)c1cc(-c2ccc(OC)c(OC)c2)nc2ccccc12. The summed E-state index contributed by atoms with van der Waals surface area (Å²) in [4.78, 5) is 17.9. The van der Waals surface area contributed by atoms with Gasteiger partial charge < -0.3 is 14.2 Å². The predicted molar refractivity (Wildman–Crippen MR) is 136 cm³/mol. The highest BCUT2D eigenvalue weighted by Gasteiger charge is 2.15. The Morgan fingerprint density at radius 2 is 1.65 bits per heavy atom. The van der Waals surface area contributed by atoms with Crippen molar-refractivity contribution in [1.29, 1.82) is 0 Å². The molecule has 0 aliphatic rings. The molecule has 0 radical (unpaired) electrons. The number of amides is 1. The number of nitrogens with one attached hydrogen (secondary N) is 1. The maximum atomic E-state index is 13.1. The van der Waals surface area contributed by atoms with Gasteiger partial charge in [-0.15, -0.1) is 0 Å². The molecule has 0 aliphatic carbocycles. The molecule has 1 heterocycles. The number of para-hydroxylation sites is 1. The van der Waals surface area contributed by atoms with Gasteiger partial charge in [-0.25, -0.2) is 10.4 Å². The lowest BCUT2D eigenvalue weighted by Gasteiger charge is -2.12. The van der Waals surface area contributed by atoms with Crippen molar-refractivity contribution in [2.45, 2.75) is 0 Å². The zero-order valence-corrected chi connectivity index (χ0v) is 20.4. The van der Waals surface area contributed by atoms with Gasteiger partial charge in [-0.05, 0) is 48.5 Å². The fourth-order valence-corrected chi connectivity index (χ4v) is 3.91. The number of carbonyl (C=O) groups is 1. The first-order valence-corrected chi connectivity index (χ1v) is 11.1. The van der Waals surface area contributed by atoms with Crippen molar-refractivity contribution in [3.63, 3.8) is 0 Å². The highest BCUT2D eigenvalue weighted by molar-refractivity contribution is 9.10. The van der Waals surface area contributed by atoms with E-state index < -0.39 is 0 Å². The number of hydrazone groups is 1. The zero-order chi connectivity index (χ0) is 24.1. The third-order valence-corrected chi connectivity index (χ3v) is 5.69. The van der Waals surface area contributed by atoms with E-state index in [-0.39, 0.29) is 5.91 Å². The lowest BCUT2D eigenvalue weighted by molar-refractivity contribution is 0.0956. The van der Waals surface area contributed by atoms with Crippen LogP contribution in [0.4, 0.5) is 0 Å². The van der Waals surface area contributed by atoms with Crippen LogP contribution in [0.1, 0.15) is 15.9 Å². The molecule has 34 heavy (non-hydrogen) atoms. The number of fused-ring (bicyclic) bond motifs is 1. The van der Waals surface area contributed by atoms with Crippen molar-refractivity contribution in [2.24, 2.45) is 5.10 Å². The number of aromatic nitrogens is 1. The van der Waals surface area contributed by atoms with Crippen LogP contribution in [0.3, 0.4) is 0 Å². The Kier molecular flexibility index (Phi) is 7.08. The first-order chi connectivity index (χ1) is 16.5. The molecule has 4 aromatic rings. The molecule has 0 atom stereocenters. The lowest BCUT2D eigenvalue weighted by Crippen LogP contribution is -2.18. The minimum absolute atomic E-state index is 0.356. The van der Waals surface area contributed by atoms with Crippen molar-refractivity contribution in [3.05, 3.63) is 82.3 Å². The van der Waals surface area contributed by atoms with Gasteiger partial charge in [0.1, 0.15) is 5.75 Å². The fraction of sp³-hybridized carbons (Fsp3) is 0.115. The average molecular weight is 520 g/mol. The molecule has 0 saturated carbocycles. The van der Waals surface area contributed by atoms with Crippen LogP contribution in [0.5, 0.6) is 17.2 Å². The number of hydrogen-bond acceptors (Lipinski definition) is 6. The summed E-state index contributed by atoms with van der Waals surface area (Å²) >= 11 is 3.43. The molecule has 8 heteroatoms. The molecule has 172 valence electrons. The first-order valence-electron chi connectivity index (χ1n) is 10.3. The molecule has 0 spiro atoms. The normalized spacial score (nSPS) is 10.9. The third kappa shape index (κ3) is 4.87. The number of pyridine rings is 1. The number of benzene rings is 3. The number of methoxy groups -OCH3 is 3. The van der Waals surface area contributed by atoms with Gasteiger partial charge in [-0.1, -0.05) is 34.1 Å². The number of ether oxygens (including phenoxy) is 3. The Balaban J connectivity index is 1.70. The summed E-state index contributed by atoms with van der Waals surface area (Å²) in [5.74, 6) is 1.48. The summed E-state index contributed by atoms with van der Waals surface area (Å²) in [6.07, 6.45) is 1.54. The Bertz CT molecular complexity index is 1390. The van der Waals surface area contributed by atoms with Crippen LogP contribution in [-0.2, 0) is 0 Å². The van der Waals surface area contributed by atoms with Crippen molar-refractivity contribution in [1.82, 2.24) is 10.4 Å². The average Bonchev–Trinajstić information content (AvgIpc) is 2.87. The van der Waals surface area contributed by atoms with Crippen LogP contribution >= 0.6 is 15.9 Å². The number of nitrogens with zero attached hydrogens (tertiary/aromatic N) is 2. The smallest absolute Gasteiger partial charge is 0.272 e. The number of hydrogen-bond donors (Lipinski definition) is 1. The van der Waals surface area contributed by atoms with Crippen molar-refractivity contribution < 1.29 is 19.0 Å². The van der Waals surface area contributed by atoms with E-state index in [9.17, 15) is 4.79 Å². The van der Waals surface area contributed by atoms with Gasteiger partial charge in [0, 0.05) is 21.0 Å². The molecule has 1 N–H and O–H groups in total. The van der Waals surface area contributed by atoms with Crippen LogP contribution in [-0.4, -0.2) is 38.4 Å². The third-order valence-electron chi connectivity index (χ3n) is 5.20. The molecule has 1 amide bonds. The zero-order valence-electron chi connectivity index (χ0n) is 18.8. The van der Waals surface area contributed by atoms with E-state index in [2.05, 4.69) is 26.5 Å². The quantitative estimate of drug-likeness (QED) is 0.259. The second kappa shape index (κ2) is 10.4. The van der Waals surface area contributed by atoms with Crippen LogP contribution in [0.15, 0.2) is 76.3 Å². The van der Waals surface area contributed by atoms with E-state index in [4.69, 9.17) is 19.2 Å². The van der Waals surface area contributed by atoms with Crippen LogP contribution in [0, 0.1) is 0 Å². The molecular formula is C26H22BrN3O4. The summed E-state index contributed by atoms with van der Waals surface area (Å²) in [5, 5.41) is 4.87. The maximum absolute atomic E-state index is 13.1. The molecule has 0 unspecified atom stereocenters. The minimum Gasteiger partial charge on any atom is -0.496 e. The highest BCUT2D eigenvalue weighted by Crippen LogP contribution is 2.33. The van der Waals surface area contributed by atoms with Gasteiger partial charge in [0.15, 0.2) is 11.5 Å². The first kappa shape index (κ1) is 23.3. The summed E-state index contributed by atoms with van der Waals surface area (Å²) in [6, 6.07) is 20.3. The summed E-state index contributed by atoms with van der Waals surface area (Å²) in [7, 11) is 4.74. The summed E-state index contributed by atoms with van der Waals surface area (Å²) in [6.45, 7) is 0. The Morgan fingerprint density at radius 3 is 2.41 bits per heavy atom. The molecule has 3 aromatic carbocycles. The Labute approximate surface area is 205 Å². The summed E-state index contributed by atoms with van der Waals surface area (Å²) < 4.78 is 17.0. The van der Waals surface area contributed by atoms with Gasteiger partial charge in [0.05, 0.1) is 44.3 Å². The topological polar surface area (TPSA) is 82.0 Å². The van der Waals surface area contributed by atoms with Crippen molar-refractivity contribution >= 4 is 39.0 Å². The van der Waals surface area contributed by atoms with Gasteiger partial charge in [0.2, 0.25) is 0 Å². The highest BCUT2D eigenvalue weighted by atomic mass is 79.9. The van der Waals surface area contributed by atoms with Crippen LogP contribution in [0.25, 0.3) is 22.2 Å². The standard InChI is InChI=1S/C26H22BrN3O4/c1-32-23-11-9-18(27)12-17(23)15-28-30-26(31)20-14-22(29-21-7-5-4-6-19(20)21)16-8-10-24(33-2)25(13-16)34-3/h4-15H,1-3H3,(H,30,31)/b28-15+. The molecular weight excluding hydrogens is 498 g/mol. The second-order valence-corrected chi connectivity index (χ2v) is 8.14. The van der Waals surface area contributed by atoms with Crippen molar-refractivity contribution in [3.8, 4) is 28.5 Å². The van der Waals surface area contributed by atoms with E-state index in [0.29, 0.717) is 34.0 Å². The van der Waals surface area contributed by atoms with E-state index >= 15 is 0 Å². The molecule has 0 fully saturated rings. The molecule has 0 bridgehead atoms. The number of halogens is 1. The minimum atomic E-state index is -0.356. The van der Waals surface area contributed by atoms with E-state index in [0.717, 1.165) is 21.0 Å². The Hall–Kier alpha value is -3.91. The van der Waals surface area contributed by atoms with E-state index in [1.54, 1.807) is 39.7 Å². The van der Waals surface area contributed by atoms with Crippen LogP contribution < -0.4 is 19.6 Å². The van der Waals surface area contributed by atoms with Crippen LogP contribution in [0.2, 0.25) is 0 Å². The number of carbonyl (C=O) groups excluding carboxylic acids is 1. The molecule has 7 nitrogen and oxygen atoms in total. The molecule has 0 aliphatic heterocycles. The molecule has 0 saturated heterocycles. The van der Waals surface area contributed by atoms with Crippen molar-refractivity contribution in [2.75, 3.05) is 21.3 Å². The fourth-order valence-electron chi connectivity index (χ4n) is 3.53. The molecule has 4 rings (SSSR count). The number of rotatable bonds is 7. The maximum Gasteiger partial charge on any atom is 0.272 e. The van der Waals surface area contributed by atoms with Gasteiger partial charge in [0.25, 0.3) is 5.91 Å². The van der Waals surface area contributed by atoms with Gasteiger partial charge >= 0.3 is 0 Å². The molecule has 1 aromatic heterocycles. The Morgan fingerprint density at radius 1 is 0.912 bits per heavy atom. The van der Waals surface area contributed by atoms with Gasteiger partial charge in [-0.3, -0.25) is 4.79 Å². The second-order valence-electron chi connectivity index (χ2n) is 7.23.